The average Bonchev–Trinajstić information content (AvgIpc) is 1.82. The lowest BCUT2D eigenvalue weighted by Gasteiger charge is -2.12. The molecule has 0 aliphatic carbocycles. The first-order chi connectivity index (χ1) is 5.77. The van der Waals surface area contributed by atoms with E-state index in [1.165, 1.54) is 0 Å². The van der Waals surface area contributed by atoms with Crippen molar-refractivity contribution in [1.82, 2.24) is 0 Å². The molecule has 0 saturated heterocycles. The summed E-state index contributed by atoms with van der Waals surface area (Å²) in [4.78, 5) is 0. The normalized spacial score (nSPS) is 13.2. The molecule has 0 aliphatic rings. The van der Waals surface area contributed by atoms with Gasteiger partial charge in [0.2, 0.25) is 0 Å². The van der Waals surface area contributed by atoms with E-state index in [2.05, 4.69) is 4.18 Å². The highest BCUT2D eigenvalue weighted by molar-refractivity contribution is 7.86. The van der Waals surface area contributed by atoms with Crippen LogP contribution in [0.15, 0.2) is 0 Å². The number of rotatable bonds is 6. The van der Waals surface area contributed by atoms with Crippen molar-refractivity contribution in [3.63, 3.8) is 0 Å². The third-order valence-electron chi connectivity index (χ3n) is 1.15. The summed E-state index contributed by atoms with van der Waals surface area (Å²) < 4.78 is 25.7. The molecule has 0 aromatic heterocycles. The Morgan fingerprint density at radius 1 is 1.31 bits per heavy atom. The monoisotopic (exact) mass is 215 g/mol. The molecule has 0 aromatic carbocycles. The van der Waals surface area contributed by atoms with Gasteiger partial charge in [-0.25, -0.2) is 0 Å². The fourth-order valence-corrected chi connectivity index (χ4v) is 1.47. The Balaban J connectivity index is 3.77. The van der Waals surface area contributed by atoms with Crippen LogP contribution < -0.4 is 5.73 Å². The molecule has 0 radical (unpaired) electrons. The van der Waals surface area contributed by atoms with E-state index in [1.807, 2.05) is 0 Å². The summed E-state index contributed by atoms with van der Waals surface area (Å²) in [7, 11) is -3.71. The summed E-state index contributed by atoms with van der Waals surface area (Å²) in [5, 5.41) is 25.2. The van der Waals surface area contributed by atoms with E-state index in [0.29, 0.717) is 0 Å². The number of aliphatic hydroxyl groups is 3. The van der Waals surface area contributed by atoms with Gasteiger partial charge in [0.15, 0.2) is 0 Å². The number of nitrogens with two attached hydrogens (primary N) is 1. The largest absolute Gasteiger partial charge is 0.344 e. The summed E-state index contributed by atoms with van der Waals surface area (Å²) in [6, 6.07) is 0. The first kappa shape index (κ1) is 12.8. The van der Waals surface area contributed by atoms with Crippen LogP contribution in [0.2, 0.25) is 0 Å². The van der Waals surface area contributed by atoms with Crippen molar-refractivity contribution in [3.8, 4) is 0 Å². The van der Waals surface area contributed by atoms with Crippen LogP contribution in [0.4, 0.5) is 0 Å². The highest BCUT2D eigenvalue weighted by atomic mass is 32.2. The second kappa shape index (κ2) is 4.84. The molecule has 13 heavy (non-hydrogen) atoms. The lowest BCUT2D eigenvalue weighted by molar-refractivity contribution is -0.314. The summed E-state index contributed by atoms with van der Waals surface area (Å²) in [6.07, 6.45) is -0.605. The highest BCUT2D eigenvalue weighted by Gasteiger charge is 2.19. The summed E-state index contributed by atoms with van der Waals surface area (Å²) in [5.74, 6) is -3.26. The lowest BCUT2D eigenvalue weighted by Crippen LogP contribution is -2.28. The maximum absolute atomic E-state index is 10.8. The van der Waals surface area contributed by atoms with Gasteiger partial charge in [0.25, 0.3) is 16.1 Å². The topological polar surface area (TPSA) is 130 Å². The van der Waals surface area contributed by atoms with E-state index in [9.17, 15) is 8.42 Å². The van der Waals surface area contributed by atoms with Crippen molar-refractivity contribution in [3.05, 3.63) is 0 Å². The third-order valence-corrected chi connectivity index (χ3v) is 2.44. The minimum Gasteiger partial charge on any atom is -0.344 e. The fourth-order valence-electron chi connectivity index (χ4n) is 0.649. The Bertz CT molecular complexity index is 230. The molecule has 0 atom stereocenters. The molecule has 0 amide bonds. The van der Waals surface area contributed by atoms with E-state index in [-0.39, 0.29) is 6.42 Å². The molecule has 0 heterocycles. The van der Waals surface area contributed by atoms with Crippen molar-refractivity contribution in [1.29, 1.82) is 0 Å². The van der Waals surface area contributed by atoms with Gasteiger partial charge in [0, 0.05) is 6.42 Å². The van der Waals surface area contributed by atoms with Gasteiger partial charge >= 0.3 is 0 Å². The molecule has 0 rings (SSSR count). The quantitative estimate of drug-likeness (QED) is 0.288. The van der Waals surface area contributed by atoms with Gasteiger partial charge in [-0.3, -0.25) is 4.18 Å². The van der Waals surface area contributed by atoms with Gasteiger partial charge in [0.05, 0.1) is 5.75 Å². The Kier molecular flexibility index (Phi) is 4.75. The van der Waals surface area contributed by atoms with Gasteiger partial charge in [-0.2, -0.15) is 8.42 Å². The van der Waals surface area contributed by atoms with Crippen LogP contribution in [0.5, 0.6) is 0 Å². The zero-order valence-electron chi connectivity index (χ0n) is 6.88. The van der Waals surface area contributed by atoms with Crippen molar-refractivity contribution >= 4 is 10.1 Å². The van der Waals surface area contributed by atoms with Crippen LogP contribution >= 0.6 is 0 Å². The van der Waals surface area contributed by atoms with Crippen LogP contribution in [0.3, 0.4) is 0 Å². The zero-order valence-corrected chi connectivity index (χ0v) is 7.70. The maximum Gasteiger partial charge on any atom is 0.275 e. The van der Waals surface area contributed by atoms with Gasteiger partial charge in [-0.15, -0.1) is 0 Å². The minimum absolute atomic E-state index is 0.133. The van der Waals surface area contributed by atoms with Crippen molar-refractivity contribution in [2.75, 3.05) is 12.5 Å². The van der Waals surface area contributed by atoms with Crippen LogP contribution in [0, 0.1) is 0 Å². The first-order valence-corrected chi connectivity index (χ1v) is 5.09. The molecule has 8 heteroatoms. The number of hydrogen-bond donors (Lipinski definition) is 4. The van der Waals surface area contributed by atoms with Crippen LogP contribution in [-0.2, 0) is 14.3 Å². The zero-order chi connectivity index (χ0) is 10.5. The first-order valence-electron chi connectivity index (χ1n) is 3.51. The average molecular weight is 215 g/mol. The van der Waals surface area contributed by atoms with Gasteiger partial charge in [-0.05, 0) is 6.42 Å². The third kappa shape index (κ3) is 8.09. The molecule has 0 fully saturated rings. The van der Waals surface area contributed by atoms with E-state index in [0.717, 1.165) is 0 Å². The fraction of sp³-hybridized carbons (Fsp3) is 1.00. The Morgan fingerprint density at radius 2 is 1.85 bits per heavy atom. The minimum atomic E-state index is -3.71. The second-order valence-electron chi connectivity index (χ2n) is 2.42. The molecule has 0 saturated carbocycles. The molecule has 7 nitrogen and oxygen atoms in total. The van der Waals surface area contributed by atoms with Crippen LogP contribution in [-0.4, -0.2) is 42.2 Å². The molecule has 0 unspecified atom stereocenters. The smallest absolute Gasteiger partial charge is 0.275 e. The molecule has 5 N–H and O–H groups in total. The predicted octanol–water partition coefficient (Wildman–Crippen LogP) is -2.34. The highest BCUT2D eigenvalue weighted by Crippen LogP contribution is 2.06. The molecular formula is C5H13NO6S. The Labute approximate surface area is 75.9 Å². The molecule has 80 valence electrons. The van der Waals surface area contributed by atoms with Gasteiger partial charge in [0.1, 0.15) is 6.73 Å². The summed E-state index contributed by atoms with van der Waals surface area (Å²) in [6.45, 7) is -0.454. The maximum atomic E-state index is 10.8. The number of hydrogen-bond acceptors (Lipinski definition) is 7. The lowest BCUT2D eigenvalue weighted by atomic mass is 10.3. The second-order valence-corrected chi connectivity index (χ2v) is 4.18. The standard InChI is InChI=1S/C5H13NO6S/c6-4-12-13(10,11)3-1-2-5(7,8)9/h7-9H,1-4,6H2. The molecular weight excluding hydrogens is 202 g/mol. The van der Waals surface area contributed by atoms with E-state index >= 15 is 0 Å². The van der Waals surface area contributed by atoms with E-state index in [1.54, 1.807) is 0 Å². The summed E-state index contributed by atoms with van der Waals surface area (Å²) in [5.41, 5.74) is 4.82. The van der Waals surface area contributed by atoms with Crippen molar-refractivity contribution < 1.29 is 27.9 Å². The SMILES string of the molecule is NCOS(=O)(=O)CCCC(O)(O)O. The van der Waals surface area contributed by atoms with Crippen LogP contribution in [0.25, 0.3) is 0 Å². The van der Waals surface area contributed by atoms with Crippen molar-refractivity contribution in [2.24, 2.45) is 5.73 Å². The van der Waals surface area contributed by atoms with Gasteiger partial charge in [-0.1, -0.05) is 0 Å². The molecule has 0 bridgehead atoms. The molecule has 0 aromatic rings. The Morgan fingerprint density at radius 3 is 2.23 bits per heavy atom. The predicted molar refractivity (Wildman–Crippen MR) is 42.5 cm³/mol. The molecule has 0 spiro atoms. The van der Waals surface area contributed by atoms with Gasteiger partial charge < -0.3 is 21.1 Å². The van der Waals surface area contributed by atoms with E-state index < -0.39 is 35.0 Å². The van der Waals surface area contributed by atoms with Crippen molar-refractivity contribution in [2.45, 2.75) is 18.8 Å². The summed E-state index contributed by atoms with van der Waals surface area (Å²) >= 11 is 0. The Hall–Kier alpha value is -0.250. The molecule has 0 aliphatic heterocycles. The van der Waals surface area contributed by atoms with Crippen LogP contribution in [0.1, 0.15) is 12.8 Å². The van der Waals surface area contributed by atoms with E-state index in [4.69, 9.17) is 21.1 Å².